The van der Waals surface area contributed by atoms with E-state index >= 15 is 0 Å². The van der Waals surface area contributed by atoms with Crippen LogP contribution in [0.3, 0.4) is 0 Å². The normalized spacial score (nSPS) is 6.77. The second kappa shape index (κ2) is 26.0. The molecular formula is C18H22O8. The first-order chi connectivity index (χ1) is 12.1. The molecule has 0 spiro atoms. The topological polar surface area (TPSA) is 149 Å². The second-order valence-electron chi connectivity index (χ2n) is 3.32. The summed E-state index contributed by atoms with van der Waals surface area (Å²) in [4.78, 5) is 37.0. The van der Waals surface area contributed by atoms with Gasteiger partial charge in [0.15, 0.2) is 0 Å². The van der Waals surface area contributed by atoms with E-state index in [-0.39, 0.29) is 0 Å². The predicted molar refractivity (Wildman–Crippen MR) is 97.8 cm³/mol. The molecule has 1 aromatic rings. The maximum atomic E-state index is 9.25. The third kappa shape index (κ3) is 72.0. The van der Waals surface area contributed by atoms with Crippen molar-refractivity contribution in [1.29, 1.82) is 0 Å². The molecule has 26 heavy (non-hydrogen) atoms. The van der Waals surface area contributed by atoms with Crippen molar-refractivity contribution in [3.8, 4) is 0 Å². The lowest BCUT2D eigenvalue weighted by atomic mass is 10.4. The van der Waals surface area contributed by atoms with Gasteiger partial charge in [-0.25, -0.2) is 19.2 Å². The third-order valence-corrected chi connectivity index (χ3v) is 1.37. The predicted octanol–water partition coefficient (Wildman–Crippen LogP) is 2.71. The number of benzene rings is 1. The molecule has 0 radical (unpaired) electrons. The van der Waals surface area contributed by atoms with Gasteiger partial charge in [-0.3, -0.25) is 0 Å². The van der Waals surface area contributed by atoms with Crippen molar-refractivity contribution >= 4 is 23.9 Å². The molecule has 1 aromatic carbocycles. The average Bonchev–Trinajstić information content (AvgIpc) is 2.64. The first-order valence-corrected chi connectivity index (χ1v) is 6.50. The SMILES string of the molecule is C=CC(=O)O.C=CC(=O)O.C=CC(=O)O.C=CC(=O)O.c1ccccc1. The first kappa shape index (κ1) is 30.0. The van der Waals surface area contributed by atoms with Crippen molar-refractivity contribution in [2.24, 2.45) is 0 Å². The molecule has 0 aliphatic heterocycles. The van der Waals surface area contributed by atoms with Crippen LogP contribution in [0.2, 0.25) is 0 Å². The number of carboxylic acid groups (broad SMARTS) is 4. The summed E-state index contributed by atoms with van der Waals surface area (Å²) in [7, 11) is 0. The summed E-state index contributed by atoms with van der Waals surface area (Å²) in [6.07, 6.45) is 3.33. The number of carbonyl (C=O) groups is 4. The smallest absolute Gasteiger partial charge is 0.327 e. The van der Waals surface area contributed by atoms with Crippen LogP contribution in [0.15, 0.2) is 87.0 Å². The molecule has 0 bridgehead atoms. The second-order valence-corrected chi connectivity index (χ2v) is 3.32. The fourth-order valence-electron chi connectivity index (χ4n) is 0.385. The van der Waals surface area contributed by atoms with Gasteiger partial charge in [0.2, 0.25) is 0 Å². The highest BCUT2D eigenvalue weighted by Gasteiger charge is 1.74. The van der Waals surface area contributed by atoms with Crippen molar-refractivity contribution in [1.82, 2.24) is 0 Å². The Kier molecular flexibility index (Phi) is 30.0. The maximum Gasteiger partial charge on any atom is 0.327 e. The van der Waals surface area contributed by atoms with Crippen molar-refractivity contribution in [2.45, 2.75) is 0 Å². The lowest BCUT2D eigenvalue weighted by molar-refractivity contribution is -0.132. The van der Waals surface area contributed by atoms with Crippen LogP contribution in [0.5, 0.6) is 0 Å². The molecule has 0 unspecified atom stereocenters. The fraction of sp³-hybridized carbons (Fsp3) is 0. The summed E-state index contributed by atoms with van der Waals surface area (Å²) >= 11 is 0. The molecule has 8 nitrogen and oxygen atoms in total. The Morgan fingerprint density at radius 2 is 0.538 bits per heavy atom. The summed E-state index contributed by atoms with van der Waals surface area (Å²) in [5, 5.41) is 30.4. The average molecular weight is 366 g/mol. The van der Waals surface area contributed by atoms with Crippen LogP contribution in [0.1, 0.15) is 0 Å². The number of carboxylic acids is 4. The first-order valence-electron chi connectivity index (χ1n) is 6.50. The van der Waals surface area contributed by atoms with Crippen LogP contribution >= 0.6 is 0 Å². The van der Waals surface area contributed by atoms with E-state index in [1.807, 2.05) is 36.4 Å². The maximum absolute atomic E-state index is 9.25. The van der Waals surface area contributed by atoms with Crippen LogP contribution in [-0.2, 0) is 19.2 Å². The van der Waals surface area contributed by atoms with Crippen LogP contribution in [0, 0.1) is 0 Å². The number of hydrogen-bond acceptors (Lipinski definition) is 4. The highest BCUT2D eigenvalue weighted by atomic mass is 16.4. The van der Waals surface area contributed by atoms with E-state index in [9.17, 15) is 19.2 Å². The minimum Gasteiger partial charge on any atom is -0.478 e. The fourth-order valence-corrected chi connectivity index (χ4v) is 0.385. The summed E-state index contributed by atoms with van der Waals surface area (Å²) in [5.41, 5.74) is 0. The van der Waals surface area contributed by atoms with E-state index in [0.29, 0.717) is 0 Å². The Morgan fingerprint density at radius 3 is 0.577 bits per heavy atom. The van der Waals surface area contributed by atoms with Crippen molar-refractivity contribution in [3.63, 3.8) is 0 Å². The molecule has 0 aliphatic carbocycles. The summed E-state index contributed by atoms with van der Waals surface area (Å²) < 4.78 is 0. The molecular weight excluding hydrogens is 344 g/mol. The minimum absolute atomic E-state index is 0.833. The standard InChI is InChI=1S/C6H6.4C3H4O2/c1-2-4-6-5-3-1;4*1-2-3(4)5/h1-6H;4*2H,1H2,(H,4,5). The van der Waals surface area contributed by atoms with Gasteiger partial charge in [-0.05, 0) is 0 Å². The quantitative estimate of drug-likeness (QED) is 0.594. The van der Waals surface area contributed by atoms with Crippen LogP contribution in [-0.4, -0.2) is 44.3 Å². The molecule has 0 saturated carbocycles. The highest BCUT2D eigenvalue weighted by Crippen LogP contribution is 1.79. The molecule has 4 N–H and O–H groups in total. The zero-order valence-corrected chi connectivity index (χ0v) is 14.0. The molecule has 0 fully saturated rings. The molecule has 1 rings (SSSR count). The molecule has 0 saturated heterocycles. The lowest BCUT2D eigenvalue weighted by Gasteiger charge is -1.69. The summed E-state index contributed by atoms with van der Waals surface area (Å²) in [5.74, 6) is -3.93. The Labute approximate surface area is 151 Å². The lowest BCUT2D eigenvalue weighted by Crippen LogP contribution is -1.82. The molecule has 0 aliphatic rings. The Hall–Kier alpha value is -3.94. The number of hydrogen-bond donors (Lipinski definition) is 4. The van der Waals surface area contributed by atoms with Crippen LogP contribution < -0.4 is 0 Å². The number of aliphatic carboxylic acids is 4. The minimum atomic E-state index is -0.981. The van der Waals surface area contributed by atoms with E-state index in [1.54, 1.807) is 0 Å². The zero-order chi connectivity index (χ0) is 21.4. The van der Waals surface area contributed by atoms with Crippen LogP contribution in [0.25, 0.3) is 0 Å². The Balaban J connectivity index is -0.000000117. The van der Waals surface area contributed by atoms with E-state index in [0.717, 1.165) is 24.3 Å². The Morgan fingerprint density at radius 1 is 0.462 bits per heavy atom. The van der Waals surface area contributed by atoms with Gasteiger partial charge in [-0.15, -0.1) is 0 Å². The highest BCUT2D eigenvalue weighted by molar-refractivity contribution is 5.79. The van der Waals surface area contributed by atoms with Gasteiger partial charge in [-0.1, -0.05) is 62.7 Å². The molecule has 0 atom stereocenters. The summed E-state index contributed by atoms with van der Waals surface area (Å²) in [6, 6.07) is 12.0. The molecule has 8 heteroatoms. The van der Waals surface area contributed by atoms with E-state index < -0.39 is 23.9 Å². The van der Waals surface area contributed by atoms with E-state index in [4.69, 9.17) is 20.4 Å². The van der Waals surface area contributed by atoms with E-state index in [1.165, 1.54) is 0 Å². The number of rotatable bonds is 4. The molecule has 0 amide bonds. The third-order valence-electron chi connectivity index (χ3n) is 1.37. The largest absolute Gasteiger partial charge is 0.478 e. The van der Waals surface area contributed by atoms with Crippen molar-refractivity contribution in [3.05, 3.63) is 87.0 Å². The zero-order valence-electron chi connectivity index (χ0n) is 14.0. The van der Waals surface area contributed by atoms with Crippen molar-refractivity contribution in [2.75, 3.05) is 0 Å². The van der Waals surface area contributed by atoms with Gasteiger partial charge in [0, 0.05) is 24.3 Å². The van der Waals surface area contributed by atoms with Gasteiger partial charge < -0.3 is 20.4 Å². The van der Waals surface area contributed by atoms with Gasteiger partial charge >= 0.3 is 23.9 Å². The van der Waals surface area contributed by atoms with Gasteiger partial charge in [0.1, 0.15) is 0 Å². The van der Waals surface area contributed by atoms with Crippen LogP contribution in [0.4, 0.5) is 0 Å². The monoisotopic (exact) mass is 366 g/mol. The Bertz CT molecular complexity index is 463. The van der Waals surface area contributed by atoms with E-state index in [2.05, 4.69) is 26.3 Å². The van der Waals surface area contributed by atoms with Gasteiger partial charge in [-0.2, -0.15) is 0 Å². The summed E-state index contributed by atoms with van der Waals surface area (Å²) in [6.45, 7) is 11.8. The van der Waals surface area contributed by atoms with Crippen molar-refractivity contribution < 1.29 is 39.6 Å². The van der Waals surface area contributed by atoms with Gasteiger partial charge in [0.25, 0.3) is 0 Å². The molecule has 0 heterocycles. The molecule has 0 aromatic heterocycles. The molecule has 142 valence electrons. The van der Waals surface area contributed by atoms with Gasteiger partial charge in [0.05, 0.1) is 0 Å².